The average Bonchev–Trinajstić information content (AvgIpc) is 2.50. The third kappa shape index (κ3) is 3.44. The first-order valence-corrected chi connectivity index (χ1v) is 6.51. The lowest BCUT2D eigenvalue weighted by molar-refractivity contribution is -0.117. The van der Waals surface area contributed by atoms with Crippen molar-refractivity contribution in [2.24, 2.45) is 5.73 Å². The summed E-state index contributed by atoms with van der Waals surface area (Å²) < 4.78 is 27.1. The van der Waals surface area contributed by atoms with Gasteiger partial charge in [0.25, 0.3) is 0 Å². The Morgan fingerprint density at radius 1 is 1.14 bits per heavy atom. The van der Waals surface area contributed by atoms with Crippen molar-refractivity contribution < 1.29 is 13.6 Å². The van der Waals surface area contributed by atoms with Gasteiger partial charge >= 0.3 is 0 Å². The van der Waals surface area contributed by atoms with E-state index in [1.165, 1.54) is 11.0 Å². The molecule has 0 aliphatic rings. The molecule has 1 amide bonds. The van der Waals surface area contributed by atoms with Crippen LogP contribution < -0.4 is 10.6 Å². The van der Waals surface area contributed by atoms with Gasteiger partial charge in [0.1, 0.15) is 11.6 Å². The smallest absolute Gasteiger partial charge is 0.231 e. The molecule has 0 fully saturated rings. The maximum atomic E-state index is 13.6. The number of hydrogen-bond donors (Lipinski definition) is 1. The minimum atomic E-state index is -0.715. The van der Waals surface area contributed by atoms with Crippen molar-refractivity contribution >= 4 is 11.6 Å². The second-order valence-electron chi connectivity index (χ2n) is 4.70. The SMILES string of the molecule is CN(C(=O)Cc1c(F)cccc1F)c1cccc(CN)c1. The lowest BCUT2D eigenvalue weighted by Crippen LogP contribution is -2.28. The first kappa shape index (κ1) is 15.1. The molecule has 0 saturated heterocycles. The van der Waals surface area contributed by atoms with Crippen LogP contribution in [0.25, 0.3) is 0 Å². The van der Waals surface area contributed by atoms with E-state index in [-0.39, 0.29) is 12.0 Å². The topological polar surface area (TPSA) is 46.3 Å². The van der Waals surface area contributed by atoms with Crippen LogP contribution >= 0.6 is 0 Å². The van der Waals surface area contributed by atoms with Gasteiger partial charge in [-0.05, 0) is 29.8 Å². The molecule has 21 heavy (non-hydrogen) atoms. The minimum absolute atomic E-state index is 0.218. The Labute approximate surface area is 122 Å². The lowest BCUT2D eigenvalue weighted by Gasteiger charge is -2.18. The van der Waals surface area contributed by atoms with Crippen LogP contribution in [-0.2, 0) is 17.8 Å². The first-order valence-electron chi connectivity index (χ1n) is 6.51. The predicted octanol–water partition coefficient (Wildman–Crippen LogP) is 2.63. The summed E-state index contributed by atoms with van der Waals surface area (Å²) >= 11 is 0. The zero-order chi connectivity index (χ0) is 15.4. The number of halogens is 2. The highest BCUT2D eigenvalue weighted by molar-refractivity contribution is 5.94. The van der Waals surface area contributed by atoms with Crippen molar-refractivity contribution in [2.45, 2.75) is 13.0 Å². The number of rotatable bonds is 4. The largest absolute Gasteiger partial charge is 0.326 e. The Morgan fingerprint density at radius 3 is 2.38 bits per heavy atom. The molecule has 0 heterocycles. The summed E-state index contributed by atoms with van der Waals surface area (Å²) in [5.41, 5.74) is 6.85. The van der Waals surface area contributed by atoms with Gasteiger partial charge in [0.2, 0.25) is 5.91 Å². The number of carbonyl (C=O) groups excluding carboxylic acids is 1. The Kier molecular flexibility index (Phi) is 4.65. The van der Waals surface area contributed by atoms with E-state index >= 15 is 0 Å². The van der Waals surface area contributed by atoms with Gasteiger partial charge in [-0.25, -0.2) is 8.78 Å². The summed E-state index contributed by atoms with van der Waals surface area (Å²) in [5, 5.41) is 0. The van der Waals surface area contributed by atoms with Crippen molar-refractivity contribution in [3.8, 4) is 0 Å². The maximum Gasteiger partial charge on any atom is 0.231 e. The molecule has 2 N–H and O–H groups in total. The van der Waals surface area contributed by atoms with Gasteiger partial charge in [-0.15, -0.1) is 0 Å². The second-order valence-corrected chi connectivity index (χ2v) is 4.70. The van der Waals surface area contributed by atoms with Crippen molar-refractivity contribution in [3.05, 3.63) is 65.2 Å². The Balaban J connectivity index is 2.19. The van der Waals surface area contributed by atoms with Crippen molar-refractivity contribution in [1.29, 1.82) is 0 Å². The summed E-state index contributed by atoms with van der Waals surface area (Å²) in [5.74, 6) is -1.83. The van der Waals surface area contributed by atoms with E-state index in [2.05, 4.69) is 0 Å². The number of carbonyl (C=O) groups is 1. The molecule has 0 radical (unpaired) electrons. The Hall–Kier alpha value is -2.27. The normalized spacial score (nSPS) is 10.5. The fourth-order valence-electron chi connectivity index (χ4n) is 2.01. The van der Waals surface area contributed by atoms with Crippen LogP contribution in [0.1, 0.15) is 11.1 Å². The van der Waals surface area contributed by atoms with Crippen LogP contribution in [0.3, 0.4) is 0 Å². The van der Waals surface area contributed by atoms with Crippen LogP contribution in [0.4, 0.5) is 14.5 Å². The Morgan fingerprint density at radius 2 is 1.76 bits per heavy atom. The number of nitrogens with zero attached hydrogens (tertiary/aromatic N) is 1. The van der Waals surface area contributed by atoms with Crippen LogP contribution in [0.5, 0.6) is 0 Å². The van der Waals surface area contributed by atoms with E-state index in [0.717, 1.165) is 17.7 Å². The van der Waals surface area contributed by atoms with E-state index in [4.69, 9.17) is 5.73 Å². The molecular weight excluding hydrogens is 274 g/mol. The van der Waals surface area contributed by atoms with Gasteiger partial charge < -0.3 is 10.6 Å². The number of benzene rings is 2. The molecule has 0 spiro atoms. The predicted molar refractivity (Wildman–Crippen MR) is 77.8 cm³/mol. The van der Waals surface area contributed by atoms with E-state index in [1.807, 2.05) is 6.07 Å². The van der Waals surface area contributed by atoms with Crippen molar-refractivity contribution in [1.82, 2.24) is 0 Å². The maximum absolute atomic E-state index is 13.6. The summed E-state index contributed by atoms with van der Waals surface area (Å²) in [6, 6.07) is 10.7. The molecule has 5 heteroatoms. The van der Waals surface area contributed by atoms with Gasteiger partial charge in [-0.2, -0.15) is 0 Å². The molecule has 0 bridgehead atoms. The van der Waals surface area contributed by atoms with Gasteiger partial charge in [0.05, 0.1) is 6.42 Å². The van der Waals surface area contributed by atoms with Crippen molar-refractivity contribution in [3.63, 3.8) is 0 Å². The van der Waals surface area contributed by atoms with Crippen molar-refractivity contribution in [2.75, 3.05) is 11.9 Å². The molecule has 0 aliphatic heterocycles. The fourth-order valence-corrected chi connectivity index (χ4v) is 2.01. The number of hydrogen-bond acceptors (Lipinski definition) is 2. The molecule has 2 aromatic carbocycles. The van der Waals surface area contributed by atoms with Crippen LogP contribution in [-0.4, -0.2) is 13.0 Å². The van der Waals surface area contributed by atoms with Crippen LogP contribution in [0, 0.1) is 11.6 Å². The molecule has 0 aromatic heterocycles. The zero-order valence-electron chi connectivity index (χ0n) is 11.6. The average molecular weight is 290 g/mol. The number of anilines is 1. The summed E-state index contributed by atoms with van der Waals surface area (Å²) in [7, 11) is 1.57. The number of amides is 1. The van der Waals surface area contributed by atoms with Crippen LogP contribution in [0.2, 0.25) is 0 Å². The molecule has 0 saturated carbocycles. The monoisotopic (exact) mass is 290 g/mol. The molecule has 110 valence electrons. The third-order valence-corrected chi connectivity index (χ3v) is 3.30. The summed E-state index contributed by atoms with van der Waals surface area (Å²) in [4.78, 5) is 13.5. The minimum Gasteiger partial charge on any atom is -0.326 e. The van der Waals surface area contributed by atoms with E-state index < -0.39 is 17.5 Å². The molecule has 3 nitrogen and oxygen atoms in total. The third-order valence-electron chi connectivity index (χ3n) is 3.30. The second kappa shape index (κ2) is 6.45. The van der Waals surface area contributed by atoms with Gasteiger partial charge in [0, 0.05) is 24.8 Å². The molecule has 2 aromatic rings. The highest BCUT2D eigenvalue weighted by Crippen LogP contribution is 2.18. The highest BCUT2D eigenvalue weighted by atomic mass is 19.1. The first-order chi connectivity index (χ1) is 10.0. The molecule has 2 rings (SSSR count). The van der Waals surface area contributed by atoms with Gasteiger partial charge in [-0.3, -0.25) is 4.79 Å². The summed E-state index contributed by atoms with van der Waals surface area (Å²) in [6.45, 7) is 0.359. The lowest BCUT2D eigenvalue weighted by atomic mass is 10.1. The zero-order valence-corrected chi connectivity index (χ0v) is 11.6. The number of nitrogens with two attached hydrogens (primary N) is 1. The molecule has 0 unspecified atom stereocenters. The van der Waals surface area contributed by atoms with Gasteiger partial charge in [-0.1, -0.05) is 18.2 Å². The van der Waals surface area contributed by atoms with E-state index in [1.54, 1.807) is 25.2 Å². The molecule has 0 aliphatic carbocycles. The highest BCUT2D eigenvalue weighted by Gasteiger charge is 2.17. The van der Waals surface area contributed by atoms with E-state index in [9.17, 15) is 13.6 Å². The van der Waals surface area contributed by atoms with Crippen LogP contribution in [0.15, 0.2) is 42.5 Å². The fraction of sp³-hybridized carbons (Fsp3) is 0.188. The van der Waals surface area contributed by atoms with Gasteiger partial charge in [0.15, 0.2) is 0 Å². The number of likely N-dealkylation sites (N-methyl/N-ethyl adjacent to an activating group) is 1. The molecule has 0 atom stereocenters. The Bertz CT molecular complexity index is 638. The summed E-state index contributed by atoms with van der Waals surface area (Å²) in [6.07, 6.45) is -0.331. The quantitative estimate of drug-likeness (QED) is 0.941. The van der Waals surface area contributed by atoms with E-state index in [0.29, 0.717) is 12.2 Å². The molecular formula is C16H16F2N2O. The standard InChI is InChI=1S/C16H16F2N2O/c1-20(12-5-2-4-11(8-12)10-19)16(21)9-13-14(17)6-3-7-15(13)18/h2-8H,9-10,19H2,1H3.